The molecule has 9 heteroatoms. The molecule has 0 spiro atoms. The highest BCUT2D eigenvalue weighted by molar-refractivity contribution is 7.98. The maximum absolute atomic E-state index is 12.8. The van der Waals surface area contributed by atoms with Crippen LogP contribution in [0.1, 0.15) is 51.2 Å². The SMILES string of the molecule is CC(C)Cc1noc(CSc2ccc(S(=O)(=O)N3CCCCCC3)cn2)n1. The van der Waals surface area contributed by atoms with E-state index in [4.69, 9.17) is 4.52 Å². The Hall–Kier alpha value is -1.45. The van der Waals surface area contributed by atoms with Crippen LogP contribution in [0.15, 0.2) is 32.8 Å². The Morgan fingerprint density at radius 3 is 2.56 bits per heavy atom. The van der Waals surface area contributed by atoms with Crippen molar-refractivity contribution in [3.63, 3.8) is 0 Å². The van der Waals surface area contributed by atoms with E-state index in [1.807, 2.05) is 0 Å². The number of rotatable bonds is 7. The Morgan fingerprint density at radius 2 is 1.93 bits per heavy atom. The number of sulfonamides is 1. The van der Waals surface area contributed by atoms with Gasteiger partial charge in [0.05, 0.1) is 10.8 Å². The fourth-order valence-corrected chi connectivity index (χ4v) is 5.11. The van der Waals surface area contributed by atoms with E-state index in [1.165, 1.54) is 18.0 Å². The molecule has 7 nitrogen and oxygen atoms in total. The van der Waals surface area contributed by atoms with Crippen molar-refractivity contribution in [1.29, 1.82) is 0 Å². The van der Waals surface area contributed by atoms with Gasteiger partial charge in [0, 0.05) is 25.7 Å². The zero-order valence-corrected chi connectivity index (χ0v) is 17.4. The van der Waals surface area contributed by atoms with Gasteiger partial charge in [-0.05, 0) is 30.9 Å². The monoisotopic (exact) mass is 410 g/mol. The predicted octanol–water partition coefficient (Wildman–Crippen LogP) is 3.52. The van der Waals surface area contributed by atoms with E-state index >= 15 is 0 Å². The van der Waals surface area contributed by atoms with Gasteiger partial charge in [0.2, 0.25) is 15.9 Å². The van der Waals surface area contributed by atoms with Crippen molar-refractivity contribution in [3.8, 4) is 0 Å². The summed E-state index contributed by atoms with van der Waals surface area (Å²) in [5.74, 6) is 2.26. The third-order valence-corrected chi connectivity index (χ3v) is 7.17. The van der Waals surface area contributed by atoms with Gasteiger partial charge in [-0.2, -0.15) is 9.29 Å². The summed E-state index contributed by atoms with van der Waals surface area (Å²) in [5.41, 5.74) is 0. The smallest absolute Gasteiger partial charge is 0.244 e. The van der Waals surface area contributed by atoms with Crippen molar-refractivity contribution in [2.24, 2.45) is 5.92 Å². The molecule has 0 bridgehead atoms. The van der Waals surface area contributed by atoms with Gasteiger partial charge >= 0.3 is 0 Å². The number of nitrogens with zero attached hydrogens (tertiary/aromatic N) is 4. The van der Waals surface area contributed by atoms with Gasteiger partial charge in [0.15, 0.2) is 5.82 Å². The number of hydrogen-bond donors (Lipinski definition) is 0. The first kappa shape index (κ1) is 20.3. The lowest BCUT2D eigenvalue weighted by atomic mass is 10.1. The van der Waals surface area contributed by atoms with Gasteiger partial charge in [0.25, 0.3) is 0 Å². The molecule has 0 N–H and O–H groups in total. The second kappa shape index (κ2) is 9.16. The number of thioether (sulfide) groups is 1. The number of pyridine rings is 1. The highest BCUT2D eigenvalue weighted by Gasteiger charge is 2.25. The molecule has 1 fully saturated rings. The number of aromatic nitrogens is 3. The minimum Gasteiger partial charge on any atom is -0.338 e. The van der Waals surface area contributed by atoms with Gasteiger partial charge in [0.1, 0.15) is 4.90 Å². The number of hydrogen-bond acceptors (Lipinski definition) is 7. The molecule has 0 atom stereocenters. The fraction of sp³-hybridized carbons (Fsp3) is 0.611. The van der Waals surface area contributed by atoms with Crippen molar-refractivity contribution >= 4 is 21.8 Å². The maximum Gasteiger partial charge on any atom is 0.244 e. The van der Waals surface area contributed by atoms with Gasteiger partial charge < -0.3 is 4.52 Å². The summed E-state index contributed by atoms with van der Waals surface area (Å²) in [7, 11) is -3.46. The first-order chi connectivity index (χ1) is 12.9. The van der Waals surface area contributed by atoms with E-state index in [9.17, 15) is 8.42 Å². The molecule has 0 unspecified atom stereocenters. The first-order valence-corrected chi connectivity index (χ1v) is 11.8. The molecular formula is C18H26N4O3S2. The van der Waals surface area contributed by atoms with E-state index in [1.54, 1.807) is 16.4 Å². The average molecular weight is 411 g/mol. The highest BCUT2D eigenvalue weighted by Crippen LogP contribution is 2.24. The van der Waals surface area contributed by atoms with Crippen LogP contribution in [0.4, 0.5) is 0 Å². The second-order valence-corrected chi connectivity index (χ2v) is 10.1. The molecule has 27 heavy (non-hydrogen) atoms. The molecule has 0 amide bonds. The molecule has 0 aliphatic carbocycles. The quantitative estimate of drug-likeness (QED) is 0.645. The van der Waals surface area contributed by atoms with E-state index in [-0.39, 0.29) is 4.90 Å². The molecule has 1 aliphatic rings. The Kier molecular flexibility index (Phi) is 6.88. The Balaban J connectivity index is 1.60. The Morgan fingerprint density at radius 1 is 1.19 bits per heavy atom. The fourth-order valence-electron chi connectivity index (χ4n) is 2.97. The molecule has 1 saturated heterocycles. The van der Waals surface area contributed by atoms with Crippen LogP contribution < -0.4 is 0 Å². The van der Waals surface area contributed by atoms with Crippen LogP contribution in [0.25, 0.3) is 0 Å². The summed E-state index contributed by atoms with van der Waals surface area (Å²) in [6.07, 6.45) is 6.26. The summed E-state index contributed by atoms with van der Waals surface area (Å²) < 4.78 is 32.4. The molecule has 0 radical (unpaired) electrons. The van der Waals surface area contributed by atoms with Gasteiger partial charge in [-0.3, -0.25) is 0 Å². The summed E-state index contributed by atoms with van der Waals surface area (Å²) in [5, 5.41) is 4.70. The summed E-state index contributed by atoms with van der Waals surface area (Å²) in [6, 6.07) is 3.37. The van der Waals surface area contributed by atoms with Gasteiger partial charge in [-0.25, -0.2) is 13.4 Å². The van der Waals surface area contributed by atoms with Crippen molar-refractivity contribution in [1.82, 2.24) is 19.4 Å². The third kappa shape index (κ3) is 5.52. The molecule has 2 aromatic heterocycles. The minimum absolute atomic E-state index is 0.255. The van der Waals surface area contributed by atoms with Crippen LogP contribution in [0.5, 0.6) is 0 Å². The van der Waals surface area contributed by atoms with E-state index < -0.39 is 10.0 Å². The standard InChI is InChI=1S/C18H26N4O3S2/c1-14(2)11-16-20-17(25-21-16)13-26-18-8-7-15(12-19-18)27(23,24)22-9-5-3-4-6-10-22/h7-8,12,14H,3-6,9-11,13H2,1-2H3. The molecule has 3 rings (SSSR count). The van der Waals surface area contributed by atoms with E-state index in [0.717, 1.165) is 37.1 Å². The van der Waals surface area contributed by atoms with Gasteiger partial charge in [-0.15, -0.1) is 0 Å². The lowest BCUT2D eigenvalue weighted by Crippen LogP contribution is -2.32. The zero-order valence-electron chi connectivity index (χ0n) is 15.8. The van der Waals surface area contributed by atoms with Crippen LogP contribution in [0, 0.1) is 5.92 Å². The predicted molar refractivity (Wildman–Crippen MR) is 104 cm³/mol. The van der Waals surface area contributed by atoms with Crippen molar-refractivity contribution < 1.29 is 12.9 Å². The molecule has 3 heterocycles. The Labute approximate surface area is 165 Å². The summed E-state index contributed by atoms with van der Waals surface area (Å²) in [4.78, 5) is 8.92. The molecular weight excluding hydrogens is 384 g/mol. The zero-order chi connectivity index (χ0) is 19.3. The molecule has 0 saturated carbocycles. The lowest BCUT2D eigenvalue weighted by molar-refractivity contribution is 0.382. The van der Waals surface area contributed by atoms with Crippen LogP contribution in [-0.4, -0.2) is 40.9 Å². The summed E-state index contributed by atoms with van der Waals surface area (Å²) in [6.45, 7) is 5.40. The van der Waals surface area contributed by atoms with Gasteiger partial charge in [-0.1, -0.05) is 43.6 Å². The van der Waals surface area contributed by atoms with Crippen LogP contribution in [0.2, 0.25) is 0 Å². The van der Waals surface area contributed by atoms with Crippen LogP contribution >= 0.6 is 11.8 Å². The first-order valence-electron chi connectivity index (χ1n) is 9.35. The van der Waals surface area contributed by atoms with Crippen molar-refractivity contribution in [3.05, 3.63) is 30.0 Å². The molecule has 148 valence electrons. The maximum atomic E-state index is 12.8. The summed E-state index contributed by atoms with van der Waals surface area (Å²) >= 11 is 1.45. The van der Waals surface area contributed by atoms with Crippen molar-refractivity contribution in [2.75, 3.05) is 13.1 Å². The highest BCUT2D eigenvalue weighted by atomic mass is 32.2. The average Bonchev–Trinajstić information content (AvgIpc) is 2.90. The van der Waals surface area contributed by atoms with Crippen LogP contribution in [0.3, 0.4) is 0 Å². The third-order valence-electron chi connectivity index (χ3n) is 4.36. The second-order valence-electron chi connectivity index (χ2n) is 7.14. The molecule has 0 aromatic carbocycles. The largest absolute Gasteiger partial charge is 0.338 e. The van der Waals surface area contributed by atoms with Crippen LogP contribution in [-0.2, 0) is 22.2 Å². The normalized spacial score (nSPS) is 16.6. The molecule has 2 aromatic rings. The van der Waals surface area contributed by atoms with Crippen molar-refractivity contribution in [2.45, 2.75) is 61.6 Å². The molecule has 1 aliphatic heterocycles. The van der Waals surface area contributed by atoms with E-state index in [2.05, 4.69) is 29.0 Å². The lowest BCUT2D eigenvalue weighted by Gasteiger charge is -2.19. The Bertz CT molecular complexity index is 827. The minimum atomic E-state index is -3.46. The van der Waals surface area contributed by atoms with E-state index in [0.29, 0.717) is 36.5 Å². The topological polar surface area (TPSA) is 89.2 Å².